The van der Waals surface area contributed by atoms with Crippen LogP contribution in [0.25, 0.3) is 0 Å². The Morgan fingerprint density at radius 3 is 2.62 bits per heavy atom. The molecule has 3 nitrogen and oxygen atoms in total. The van der Waals surface area contributed by atoms with Crippen LogP contribution in [0, 0.1) is 22.2 Å². The Bertz CT molecular complexity index is 193. The number of nitroso groups, excluding NO2 is 1. The van der Waals surface area contributed by atoms with Crippen LogP contribution in [-0.2, 0) is 0 Å². The third-order valence-electron chi connectivity index (χ3n) is 3.22. The van der Waals surface area contributed by atoms with Crippen LogP contribution in [0.15, 0.2) is 5.18 Å². The Hall–Kier alpha value is -0.440. The maximum Gasteiger partial charge on any atom is 0.0976 e. The van der Waals surface area contributed by atoms with Gasteiger partial charge in [-0.15, -0.1) is 0 Å². The van der Waals surface area contributed by atoms with E-state index in [0.717, 1.165) is 13.0 Å². The lowest BCUT2D eigenvalue weighted by atomic mass is 9.94. The molecule has 1 rings (SSSR count). The predicted molar refractivity (Wildman–Crippen MR) is 54.6 cm³/mol. The molecule has 1 aliphatic carbocycles. The molecule has 0 aromatic heterocycles. The molecule has 13 heavy (non-hydrogen) atoms. The molecule has 76 valence electrons. The number of nitrogens with zero attached hydrogens (tertiary/aromatic N) is 1. The number of hydrogen-bond acceptors (Lipinski definition) is 3. The zero-order valence-electron chi connectivity index (χ0n) is 9.00. The summed E-state index contributed by atoms with van der Waals surface area (Å²) in [6.07, 6.45) is 1.14. The molecule has 1 aliphatic rings. The normalized spacial score (nSPS) is 34.7. The van der Waals surface area contributed by atoms with Crippen LogP contribution in [0.5, 0.6) is 0 Å². The van der Waals surface area contributed by atoms with Crippen molar-refractivity contribution in [3.63, 3.8) is 0 Å². The monoisotopic (exact) mass is 184 g/mol. The molecule has 1 saturated carbocycles. The highest BCUT2D eigenvalue weighted by molar-refractivity contribution is 5.06. The van der Waals surface area contributed by atoms with E-state index in [1.54, 1.807) is 0 Å². The van der Waals surface area contributed by atoms with E-state index in [1.807, 2.05) is 7.05 Å². The average molecular weight is 184 g/mol. The SMILES string of the molecule is CNCC1(C)CC1C(N=O)C(C)C. The van der Waals surface area contributed by atoms with E-state index < -0.39 is 0 Å². The van der Waals surface area contributed by atoms with Crippen molar-refractivity contribution in [1.82, 2.24) is 5.32 Å². The van der Waals surface area contributed by atoms with Gasteiger partial charge >= 0.3 is 0 Å². The van der Waals surface area contributed by atoms with E-state index in [9.17, 15) is 4.91 Å². The average Bonchev–Trinajstić information content (AvgIpc) is 2.63. The zero-order chi connectivity index (χ0) is 10.1. The van der Waals surface area contributed by atoms with Gasteiger partial charge in [-0.05, 0) is 30.7 Å². The first-order valence-corrected chi connectivity index (χ1v) is 5.02. The lowest BCUT2D eigenvalue weighted by molar-refractivity contribution is 0.370. The Balaban J connectivity index is 2.52. The summed E-state index contributed by atoms with van der Waals surface area (Å²) in [7, 11) is 1.96. The molecule has 0 saturated heterocycles. The molecular formula is C10H20N2O. The van der Waals surface area contributed by atoms with Gasteiger partial charge in [-0.25, -0.2) is 0 Å². The molecule has 0 bridgehead atoms. The first-order chi connectivity index (χ1) is 6.05. The van der Waals surface area contributed by atoms with Gasteiger partial charge in [-0.3, -0.25) is 0 Å². The molecular weight excluding hydrogens is 164 g/mol. The highest BCUT2D eigenvalue weighted by atomic mass is 16.3. The third-order valence-corrected chi connectivity index (χ3v) is 3.22. The van der Waals surface area contributed by atoms with Crippen molar-refractivity contribution in [1.29, 1.82) is 0 Å². The van der Waals surface area contributed by atoms with Crippen molar-refractivity contribution < 1.29 is 0 Å². The minimum absolute atomic E-state index is 0.0124. The van der Waals surface area contributed by atoms with E-state index >= 15 is 0 Å². The molecule has 0 amide bonds. The fraction of sp³-hybridized carbons (Fsp3) is 1.00. The molecule has 0 radical (unpaired) electrons. The second kappa shape index (κ2) is 3.74. The molecule has 0 spiro atoms. The smallest absolute Gasteiger partial charge is 0.0976 e. The summed E-state index contributed by atoms with van der Waals surface area (Å²) in [5.74, 6) is 0.874. The van der Waals surface area contributed by atoms with E-state index in [1.165, 1.54) is 0 Å². The largest absolute Gasteiger partial charge is 0.319 e. The van der Waals surface area contributed by atoms with Crippen molar-refractivity contribution in [2.75, 3.05) is 13.6 Å². The molecule has 0 heterocycles. The fourth-order valence-corrected chi connectivity index (χ4v) is 2.24. The first-order valence-electron chi connectivity index (χ1n) is 5.02. The quantitative estimate of drug-likeness (QED) is 0.664. The van der Waals surface area contributed by atoms with E-state index in [-0.39, 0.29) is 6.04 Å². The van der Waals surface area contributed by atoms with Crippen molar-refractivity contribution in [3.8, 4) is 0 Å². The van der Waals surface area contributed by atoms with E-state index in [0.29, 0.717) is 17.3 Å². The van der Waals surface area contributed by atoms with Crippen LogP contribution in [0.2, 0.25) is 0 Å². The molecule has 3 unspecified atom stereocenters. The van der Waals surface area contributed by atoms with E-state index in [2.05, 4.69) is 31.3 Å². The van der Waals surface area contributed by atoms with Crippen LogP contribution in [0.4, 0.5) is 0 Å². The fourth-order valence-electron chi connectivity index (χ4n) is 2.24. The number of rotatable bonds is 5. The van der Waals surface area contributed by atoms with Gasteiger partial charge in [0.05, 0.1) is 6.04 Å². The van der Waals surface area contributed by atoms with Gasteiger partial charge in [0, 0.05) is 6.54 Å². The van der Waals surface area contributed by atoms with Gasteiger partial charge in [0.15, 0.2) is 0 Å². The van der Waals surface area contributed by atoms with Crippen LogP contribution in [0.1, 0.15) is 27.2 Å². The second-order valence-electron chi connectivity index (χ2n) is 4.83. The van der Waals surface area contributed by atoms with Crippen LogP contribution in [-0.4, -0.2) is 19.6 Å². The summed E-state index contributed by atoms with van der Waals surface area (Å²) in [4.78, 5) is 10.6. The predicted octanol–water partition coefficient (Wildman–Crippen LogP) is 2.02. The number of hydrogen-bond donors (Lipinski definition) is 1. The van der Waals surface area contributed by atoms with Crippen molar-refractivity contribution >= 4 is 0 Å². The molecule has 0 aromatic carbocycles. The summed E-state index contributed by atoms with van der Waals surface area (Å²) < 4.78 is 0. The maximum absolute atomic E-state index is 10.6. The molecule has 3 heteroatoms. The van der Waals surface area contributed by atoms with Crippen molar-refractivity contribution in [2.45, 2.75) is 33.2 Å². The second-order valence-corrected chi connectivity index (χ2v) is 4.83. The van der Waals surface area contributed by atoms with Gasteiger partial charge in [0.2, 0.25) is 0 Å². The van der Waals surface area contributed by atoms with Gasteiger partial charge in [0.1, 0.15) is 0 Å². The zero-order valence-corrected chi connectivity index (χ0v) is 9.00. The van der Waals surface area contributed by atoms with Crippen LogP contribution >= 0.6 is 0 Å². The molecule has 0 aliphatic heterocycles. The topological polar surface area (TPSA) is 41.5 Å². The van der Waals surface area contributed by atoms with Crippen molar-refractivity contribution in [3.05, 3.63) is 4.91 Å². The summed E-state index contributed by atoms with van der Waals surface area (Å²) in [6, 6.07) is 0.0124. The van der Waals surface area contributed by atoms with Crippen LogP contribution < -0.4 is 5.32 Å². The Labute approximate surface area is 80.3 Å². The van der Waals surface area contributed by atoms with Crippen molar-refractivity contribution in [2.24, 2.45) is 22.4 Å². The third kappa shape index (κ3) is 2.08. The highest BCUT2D eigenvalue weighted by Gasteiger charge is 2.54. The standard InChI is InChI=1S/C10H20N2O/c1-7(2)9(12-13)8-5-10(8,3)6-11-4/h7-9,11H,5-6H2,1-4H3. The van der Waals surface area contributed by atoms with Gasteiger partial charge in [-0.2, -0.15) is 4.91 Å². The van der Waals surface area contributed by atoms with Gasteiger partial charge < -0.3 is 5.32 Å². The Morgan fingerprint density at radius 2 is 2.23 bits per heavy atom. The first kappa shape index (κ1) is 10.6. The molecule has 0 aromatic rings. The van der Waals surface area contributed by atoms with Crippen LogP contribution in [0.3, 0.4) is 0 Å². The van der Waals surface area contributed by atoms with Gasteiger partial charge in [-0.1, -0.05) is 25.9 Å². The summed E-state index contributed by atoms with van der Waals surface area (Å²) >= 11 is 0. The lowest BCUT2D eigenvalue weighted by Crippen LogP contribution is -2.25. The maximum atomic E-state index is 10.6. The summed E-state index contributed by atoms with van der Waals surface area (Å²) in [5, 5.41) is 6.42. The number of nitrogens with one attached hydrogen (secondary N) is 1. The molecule has 3 atom stereocenters. The minimum Gasteiger partial charge on any atom is -0.319 e. The molecule has 1 N–H and O–H groups in total. The van der Waals surface area contributed by atoms with Gasteiger partial charge in [0.25, 0.3) is 0 Å². The molecule has 1 fully saturated rings. The lowest BCUT2D eigenvalue weighted by Gasteiger charge is -2.16. The Kier molecular flexibility index (Phi) is 3.06. The summed E-state index contributed by atoms with van der Waals surface area (Å²) in [6.45, 7) is 7.37. The highest BCUT2D eigenvalue weighted by Crippen LogP contribution is 2.55. The Morgan fingerprint density at radius 1 is 1.62 bits per heavy atom. The summed E-state index contributed by atoms with van der Waals surface area (Å²) in [5.41, 5.74) is 0.317. The van der Waals surface area contributed by atoms with E-state index in [4.69, 9.17) is 0 Å². The minimum atomic E-state index is 0.0124.